The number of carbonyl (C=O) groups is 1. The first kappa shape index (κ1) is 19.1. The maximum Gasteiger partial charge on any atom is 0.341 e. The van der Waals surface area contributed by atoms with Crippen LogP contribution in [0.1, 0.15) is 16.8 Å². The lowest BCUT2D eigenvalue weighted by Crippen LogP contribution is -2.06. The third-order valence-electron chi connectivity index (χ3n) is 3.96. The van der Waals surface area contributed by atoms with Crippen molar-refractivity contribution in [1.82, 2.24) is 9.97 Å². The molecule has 6 heteroatoms. The van der Waals surface area contributed by atoms with Crippen LogP contribution >= 0.6 is 0 Å². The molecular weight excluding hydrogens is 356 g/mol. The Hall–Kier alpha value is -3.67. The Bertz CT molecular complexity index is 971. The normalized spacial score (nSPS) is 11.0. The molecule has 0 aliphatic carbocycles. The Labute approximate surface area is 163 Å². The Balaban J connectivity index is 1.87. The van der Waals surface area contributed by atoms with E-state index in [0.29, 0.717) is 23.6 Å². The number of hydrogen-bond donors (Lipinski definition) is 0. The van der Waals surface area contributed by atoms with E-state index >= 15 is 0 Å². The second kappa shape index (κ2) is 9.32. The van der Waals surface area contributed by atoms with Crippen molar-refractivity contribution in [3.8, 4) is 11.6 Å². The van der Waals surface area contributed by atoms with Gasteiger partial charge in [-0.3, -0.25) is 0 Å². The molecule has 0 saturated carbocycles. The quantitative estimate of drug-likeness (QED) is 0.352. The van der Waals surface area contributed by atoms with E-state index in [2.05, 4.69) is 9.97 Å². The number of nitrogens with zero attached hydrogens (tertiary/aromatic N) is 2. The van der Waals surface area contributed by atoms with E-state index < -0.39 is 5.97 Å². The molecule has 0 unspecified atom stereocenters. The van der Waals surface area contributed by atoms with E-state index in [1.807, 2.05) is 36.4 Å². The van der Waals surface area contributed by atoms with Crippen LogP contribution in [-0.2, 0) is 20.7 Å². The molecule has 1 heterocycles. The van der Waals surface area contributed by atoms with Gasteiger partial charge in [0.15, 0.2) is 0 Å². The summed E-state index contributed by atoms with van der Waals surface area (Å²) in [6, 6.07) is 18.9. The van der Waals surface area contributed by atoms with Crippen LogP contribution in [0, 0.1) is 0 Å². The summed E-state index contributed by atoms with van der Waals surface area (Å²) in [5.74, 6) is 0.320. The van der Waals surface area contributed by atoms with Crippen molar-refractivity contribution in [2.45, 2.75) is 6.42 Å². The molecular formula is C22H20N2O4. The highest BCUT2D eigenvalue weighted by molar-refractivity contribution is 6.17. The van der Waals surface area contributed by atoms with Crippen molar-refractivity contribution in [1.29, 1.82) is 0 Å². The lowest BCUT2D eigenvalue weighted by Gasteiger charge is -2.12. The molecule has 142 valence electrons. The molecule has 0 aliphatic heterocycles. The van der Waals surface area contributed by atoms with Crippen LogP contribution in [0.3, 0.4) is 0 Å². The molecule has 0 atom stereocenters. The maximum absolute atomic E-state index is 12.1. The maximum atomic E-state index is 12.1. The van der Waals surface area contributed by atoms with Gasteiger partial charge in [-0.15, -0.1) is 0 Å². The summed E-state index contributed by atoms with van der Waals surface area (Å²) in [7, 11) is 2.78. The molecule has 0 N–H and O–H groups in total. The molecule has 0 fully saturated rings. The zero-order chi connectivity index (χ0) is 19.8. The number of para-hydroxylation sites is 1. The van der Waals surface area contributed by atoms with Crippen molar-refractivity contribution in [3.05, 3.63) is 90.1 Å². The van der Waals surface area contributed by atoms with Gasteiger partial charge in [0.05, 0.1) is 26.2 Å². The highest BCUT2D eigenvalue weighted by atomic mass is 16.5. The van der Waals surface area contributed by atoms with Gasteiger partial charge in [0, 0.05) is 18.1 Å². The highest BCUT2D eigenvalue weighted by Crippen LogP contribution is 2.30. The zero-order valence-corrected chi connectivity index (χ0v) is 15.7. The van der Waals surface area contributed by atoms with Gasteiger partial charge in [-0.25, -0.2) is 14.8 Å². The minimum atomic E-state index is -0.523. The van der Waals surface area contributed by atoms with Gasteiger partial charge in [0.2, 0.25) is 5.88 Å². The van der Waals surface area contributed by atoms with Gasteiger partial charge < -0.3 is 14.2 Å². The molecule has 28 heavy (non-hydrogen) atoms. The first-order chi connectivity index (χ1) is 13.7. The number of hydrogen-bond acceptors (Lipinski definition) is 6. The summed E-state index contributed by atoms with van der Waals surface area (Å²) in [4.78, 5) is 20.6. The smallest absolute Gasteiger partial charge is 0.341 e. The van der Waals surface area contributed by atoms with Gasteiger partial charge in [-0.2, -0.15) is 0 Å². The number of esters is 1. The first-order valence-electron chi connectivity index (χ1n) is 8.64. The predicted molar refractivity (Wildman–Crippen MR) is 105 cm³/mol. The van der Waals surface area contributed by atoms with Gasteiger partial charge in [0.1, 0.15) is 17.6 Å². The molecule has 0 bridgehead atoms. The minimum absolute atomic E-state index is 0.249. The molecule has 0 spiro atoms. The fraction of sp³-hybridized carbons (Fsp3) is 0.136. The van der Waals surface area contributed by atoms with Crippen LogP contribution in [0.25, 0.3) is 5.57 Å². The van der Waals surface area contributed by atoms with Crippen LogP contribution in [0.15, 0.2) is 73.3 Å². The molecule has 0 aliphatic rings. The van der Waals surface area contributed by atoms with E-state index in [4.69, 9.17) is 14.2 Å². The fourth-order valence-electron chi connectivity index (χ4n) is 2.67. The largest absolute Gasteiger partial charge is 0.503 e. The van der Waals surface area contributed by atoms with E-state index in [1.165, 1.54) is 26.8 Å². The average molecular weight is 376 g/mol. The molecule has 0 radical (unpaired) electrons. The van der Waals surface area contributed by atoms with Crippen molar-refractivity contribution in [2.75, 3.05) is 14.2 Å². The van der Waals surface area contributed by atoms with E-state index in [1.54, 1.807) is 24.3 Å². The first-order valence-corrected chi connectivity index (χ1v) is 8.64. The van der Waals surface area contributed by atoms with Crippen LogP contribution in [0.5, 0.6) is 11.6 Å². The molecule has 1 aromatic heterocycles. The predicted octanol–water partition coefficient (Wildman–Crippen LogP) is 4.02. The summed E-state index contributed by atoms with van der Waals surface area (Å²) in [6.45, 7) is 0. The number of rotatable bonds is 7. The molecule has 6 nitrogen and oxygen atoms in total. The standard InChI is InChI=1S/C22H20N2O4/c1-26-14-19(22(25)27-2)18-10-6-7-11-20(18)28-21-13-17(23-15-24-21)12-16-8-4-3-5-9-16/h3-11,13-15H,12H2,1-2H3/b19-14+. The van der Waals surface area contributed by atoms with E-state index in [0.717, 1.165) is 11.3 Å². The Morgan fingerprint density at radius 1 is 1.00 bits per heavy atom. The summed E-state index contributed by atoms with van der Waals surface area (Å²) in [5.41, 5.74) is 2.76. The highest BCUT2D eigenvalue weighted by Gasteiger charge is 2.18. The van der Waals surface area contributed by atoms with Crippen molar-refractivity contribution >= 4 is 11.5 Å². The Morgan fingerprint density at radius 2 is 1.75 bits per heavy atom. The minimum Gasteiger partial charge on any atom is -0.503 e. The lowest BCUT2D eigenvalue weighted by molar-refractivity contribution is -0.133. The summed E-state index contributed by atoms with van der Waals surface area (Å²) >= 11 is 0. The number of aromatic nitrogens is 2. The van der Waals surface area contributed by atoms with Crippen LogP contribution in [0.2, 0.25) is 0 Å². The van der Waals surface area contributed by atoms with Crippen LogP contribution < -0.4 is 4.74 Å². The van der Waals surface area contributed by atoms with E-state index in [9.17, 15) is 4.79 Å². The Kier molecular flexibility index (Phi) is 6.36. The molecule has 3 rings (SSSR count). The monoisotopic (exact) mass is 376 g/mol. The summed E-state index contributed by atoms with van der Waals surface area (Å²) < 4.78 is 15.8. The van der Waals surface area contributed by atoms with Gasteiger partial charge in [-0.05, 0) is 11.6 Å². The van der Waals surface area contributed by atoms with Gasteiger partial charge in [0.25, 0.3) is 0 Å². The second-order valence-corrected chi connectivity index (χ2v) is 5.87. The Morgan fingerprint density at radius 3 is 2.50 bits per heavy atom. The van der Waals surface area contributed by atoms with Crippen molar-refractivity contribution < 1.29 is 19.0 Å². The molecule has 3 aromatic rings. The van der Waals surface area contributed by atoms with Gasteiger partial charge >= 0.3 is 5.97 Å². The third-order valence-corrected chi connectivity index (χ3v) is 3.96. The van der Waals surface area contributed by atoms with Gasteiger partial charge in [-0.1, -0.05) is 48.5 Å². The second-order valence-electron chi connectivity index (χ2n) is 5.87. The topological polar surface area (TPSA) is 70.5 Å². The number of ether oxygens (including phenoxy) is 3. The average Bonchev–Trinajstić information content (AvgIpc) is 2.73. The molecule has 0 saturated heterocycles. The third kappa shape index (κ3) is 4.73. The molecule has 2 aromatic carbocycles. The fourth-order valence-corrected chi connectivity index (χ4v) is 2.67. The number of methoxy groups -OCH3 is 2. The van der Waals surface area contributed by atoms with E-state index in [-0.39, 0.29) is 5.57 Å². The SMILES string of the molecule is CO/C=C(/C(=O)OC)c1ccccc1Oc1cc(Cc2ccccc2)ncn1. The van der Waals surface area contributed by atoms with Crippen molar-refractivity contribution in [3.63, 3.8) is 0 Å². The summed E-state index contributed by atoms with van der Waals surface area (Å²) in [6.07, 6.45) is 3.45. The summed E-state index contributed by atoms with van der Waals surface area (Å²) in [5, 5.41) is 0. The van der Waals surface area contributed by atoms with Crippen LogP contribution in [0.4, 0.5) is 0 Å². The molecule has 0 amide bonds. The lowest BCUT2D eigenvalue weighted by atomic mass is 10.1. The number of benzene rings is 2. The zero-order valence-electron chi connectivity index (χ0n) is 15.7. The number of carbonyl (C=O) groups excluding carboxylic acids is 1. The van der Waals surface area contributed by atoms with Crippen LogP contribution in [-0.4, -0.2) is 30.2 Å². The van der Waals surface area contributed by atoms with Crippen molar-refractivity contribution in [2.24, 2.45) is 0 Å².